The van der Waals surface area contributed by atoms with Gasteiger partial charge >= 0.3 is 0 Å². The van der Waals surface area contributed by atoms with Crippen LogP contribution in [0.5, 0.6) is 0 Å². The number of piperidine rings is 1. The molecule has 1 heterocycles. The third-order valence-corrected chi connectivity index (χ3v) is 6.13. The maximum Gasteiger partial charge on any atom is 0.251 e. The number of nitrogens with one attached hydrogen (secondary N) is 3. The summed E-state index contributed by atoms with van der Waals surface area (Å²) in [7, 11) is -3.55. The summed E-state index contributed by atoms with van der Waals surface area (Å²) in [6.45, 7) is 4.39. The van der Waals surface area contributed by atoms with Crippen LogP contribution in [0.2, 0.25) is 0 Å². The molecule has 8 heteroatoms. The third kappa shape index (κ3) is 5.41. The van der Waals surface area contributed by atoms with Crippen LogP contribution in [-0.4, -0.2) is 40.0 Å². The second-order valence-electron chi connectivity index (χ2n) is 6.79. The summed E-state index contributed by atoms with van der Waals surface area (Å²) >= 11 is 0. The summed E-state index contributed by atoms with van der Waals surface area (Å²) in [5.41, 5.74) is 1.21. The predicted octanol–water partition coefficient (Wildman–Crippen LogP) is 1.59. The summed E-state index contributed by atoms with van der Waals surface area (Å²) in [6, 6.07) is 4.78. The van der Waals surface area contributed by atoms with E-state index in [-0.39, 0.29) is 29.3 Å². The van der Waals surface area contributed by atoms with E-state index in [1.165, 1.54) is 6.07 Å². The second kappa shape index (κ2) is 8.49. The minimum atomic E-state index is -3.55. The highest BCUT2D eigenvalue weighted by molar-refractivity contribution is 7.89. The number of carbonyl (C=O) groups is 1. The Morgan fingerprint density at radius 1 is 1.28 bits per heavy atom. The molecule has 1 aliphatic carbocycles. The predicted molar refractivity (Wildman–Crippen MR) is 99.7 cm³/mol. The monoisotopic (exact) mass is 387 g/mol. The van der Waals surface area contributed by atoms with Crippen molar-refractivity contribution in [2.75, 3.05) is 19.6 Å². The van der Waals surface area contributed by atoms with Crippen LogP contribution in [-0.2, 0) is 10.0 Å². The van der Waals surface area contributed by atoms with Gasteiger partial charge in [0.2, 0.25) is 10.0 Å². The number of benzene rings is 1. The van der Waals surface area contributed by atoms with Crippen molar-refractivity contribution >= 4 is 28.3 Å². The lowest BCUT2D eigenvalue weighted by Gasteiger charge is -2.23. The molecular formula is C17H26ClN3O3S. The molecule has 0 spiro atoms. The molecule has 1 atom stereocenters. The van der Waals surface area contributed by atoms with Crippen molar-refractivity contribution < 1.29 is 13.2 Å². The van der Waals surface area contributed by atoms with Gasteiger partial charge in [0.05, 0.1) is 4.90 Å². The van der Waals surface area contributed by atoms with Gasteiger partial charge in [-0.1, -0.05) is 6.07 Å². The molecule has 0 radical (unpaired) electrons. The van der Waals surface area contributed by atoms with Crippen LogP contribution in [0.25, 0.3) is 0 Å². The fourth-order valence-corrected chi connectivity index (χ4v) is 4.26. The van der Waals surface area contributed by atoms with E-state index in [1.54, 1.807) is 12.1 Å². The van der Waals surface area contributed by atoms with Crippen molar-refractivity contribution in [2.24, 2.45) is 5.92 Å². The van der Waals surface area contributed by atoms with Crippen molar-refractivity contribution in [2.45, 2.75) is 43.5 Å². The van der Waals surface area contributed by atoms with Gasteiger partial charge < -0.3 is 10.6 Å². The minimum absolute atomic E-state index is 0. The molecule has 1 aromatic rings. The first-order valence-corrected chi connectivity index (χ1v) is 10.1. The number of hydrogen-bond donors (Lipinski definition) is 3. The Morgan fingerprint density at radius 2 is 2.04 bits per heavy atom. The molecule has 2 aliphatic rings. The molecule has 1 aliphatic heterocycles. The Balaban J connectivity index is 0.00000225. The lowest BCUT2D eigenvalue weighted by atomic mass is 9.99. The lowest BCUT2D eigenvalue weighted by molar-refractivity contribution is 0.0944. The number of carbonyl (C=O) groups excluding carboxylic acids is 1. The molecule has 3 N–H and O–H groups in total. The Bertz CT molecular complexity index is 714. The van der Waals surface area contributed by atoms with Gasteiger partial charge in [0.15, 0.2) is 0 Å². The van der Waals surface area contributed by atoms with E-state index >= 15 is 0 Å². The van der Waals surface area contributed by atoms with Crippen molar-refractivity contribution in [1.29, 1.82) is 0 Å². The van der Waals surface area contributed by atoms with Gasteiger partial charge in [-0.25, -0.2) is 13.1 Å². The van der Waals surface area contributed by atoms with E-state index in [0.717, 1.165) is 44.3 Å². The summed E-state index contributed by atoms with van der Waals surface area (Å²) in [5.74, 6) is 0.230. The van der Waals surface area contributed by atoms with E-state index in [4.69, 9.17) is 0 Å². The summed E-state index contributed by atoms with van der Waals surface area (Å²) in [4.78, 5) is 12.6. The minimum Gasteiger partial charge on any atom is -0.352 e. The molecule has 0 aromatic heterocycles. The number of aryl methyl sites for hydroxylation is 1. The number of hydrogen-bond acceptors (Lipinski definition) is 4. The number of amides is 1. The Labute approximate surface area is 155 Å². The largest absolute Gasteiger partial charge is 0.352 e. The molecule has 1 amide bonds. The van der Waals surface area contributed by atoms with Crippen molar-refractivity contribution in [3.63, 3.8) is 0 Å². The molecular weight excluding hydrogens is 362 g/mol. The smallest absolute Gasteiger partial charge is 0.251 e. The molecule has 1 unspecified atom stereocenters. The molecule has 1 aromatic carbocycles. The number of rotatable bonds is 6. The van der Waals surface area contributed by atoms with Crippen LogP contribution >= 0.6 is 12.4 Å². The van der Waals surface area contributed by atoms with E-state index in [9.17, 15) is 13.2 Å². The van der Waals surface area contributed by atoms with Gasteiger partial charge in [0.25, 0.3) is 5.91 Å². The molecule has 1 saturated carbocycles. The van der Waals surface area contributed by atoms with Gasteiger partial charge in [-0.2, -0.15) is 0 Å². The van der Waals surface area contributed by atoms with Gasteiger partial charge in [-0.05, 0) is 69.3 Å². The molecule has 25 heavy (non-hydrogen) atoms. The molecule has 140 valence electrons. The van der Waals surface area contributed by atoms with Gasteiger partial charge in [0.1, 0.15) is 0 Å². The quantitative estimate of drug-likeness (QED) is 0.691. The standard InChI is InChI=1S/C17H25N3O3S.ClH/c1-12-4-7-15(24(22,23)20-14-5-6-14)9-16(12)17(21)19-11-13-3-2-8-18-10-13;/h4,7,9,13-14,18,20H,2-3,5-6,8,10-11H2,1H3,(H,19,21);1H. The first-order valence-electron chi connectivity index (χ1n) is 8.57. The van der Waals surface area contributed by atoms with Crippen LogP contribution in [0.1, 0.15) is 41.6 Å². The molecule has 1 saturated heterocycles. The highest BCUT2D eigenvalue weighted by atomic mass is 35.5. The van der Waals surface area contributed by atoms with Crippen molar-refractivity contribution in [3.8, 4) is 0 Å². The van der Waals surface area contributed by atoms with E-state index in [2.05, 4.69) is 15.4 Å². The highest BCUT2D eigenvalue weighted by Crippen LogP contribution is 2.23. The maximum absolute atomic E-state index is 12.5. The lowest BCUT2D eigenvalue weighted by Crippen LogP contribution is -2.38. The highest BCUT2D eigenvalue weighted by Gasteiger charge is 2.28. The summed E-state index contributed by atoms with van der Waals surface area (Å²) < 4.78 is 27.3. The summed E-state index contributed by atoms with van der Waals surface area (Å²) in [6.07, 6.45) is 3.99. The molecule has 6 nitrogen and oxygen atoms in total. The normalized spacial score (nSPS) is 20.6. The van der Waals surface area contributed by atoms with Gasteiger partial charge in [0, 0.05) is 18.2 Å². The third-order valence-electron chi connectivity index (χ3n) is 4.61. The van der Waals surface area contributed by atoms with E-state index < -0.39 is 10.0 Å². The number of sulfonamides is 1. The zero-order chi connectivity index (χ0) is 17.2. The zero-order valence-electron chi connectivity index (χ0n) is 14.4. The van der Waals surface area contributed by atoms with Crippen molar-refractivity contribution in [1.82, 2.24) is 15.4 Å². The van der Waals surface area contributed by atoms with Crippen LogP contribution in [0.3, 0.4) is 0 Å². The Hall–Kier alpha value is -1.15. The maximum atomic E-state index is 12.5. The van der Waals surface area contributed by atoms with Crippen molar-refractivity contribution in [3.05, 3.63) is 29.3 Å². The van der Waals surface area contributed by atoms with Crippen LogP contribution in [0.15, 0.2) is 23.1 Å². The van der Waals surface area contributed by atoms with Crippen LogP contribution in [0, 0.1) is 12.8 Å². The average Bonchev–Trinajstić information content (AvgIpc) is 3.37. The fourth-order valence-electron chi connectivity index (χ4n) is 2.93. The SMILES string of the molecule is Cc1ccc(S(=O)(=O)NC2CC2)cc1C(=O)NCC1CCCNC1.Cl. The second-order valence-corrected chi connectivity index (χ2v) is 8.51. The molecule has 2 fully saturated rings. The topological polar surface area (TPSA) is 87.3 Å². The zero-order valence-corrected chi connectivity index (χ0v) is 16.0. The first kappa shape index (κ1) is 20.2. The Kier molecular flexibility index (Phi) is 6.85. The van der Waals surface area contributed by atoms with Crippen LogP contribution < -0.4 is 15.4 Å². The van der Waals surface area contributed by atoms with E-state index in [1.807, 2.05) is 6.92 Å². The van der Waals surface area contributed by atoms with Crippen LogP contribution in [0.4, 0.5) is 0 Å². The van der Waals surface area contributed by atoms with Gasteiger partial charge in [-0.15, -0.1) is 12.4 Å². The first-order chi connectivity index (χ1) is 11.5. The Morgan fingerprint density at radius 3 is 2.68 bits per heavy atom. The molecule has 0 bridgehead atoms. The summed E-state index contributed by atoms with van der Waals surface area (Å²) in [5, 5.41) is 6.27. The fraction of sp³-hybridized carbons (Fsp3) is 0.588. The molecule has 3 rings (SSSR count). The average molecular weight is 388 g/mol. The number of halogens is 1. The van der Waals surface area contributed by atoms with Gasteiger partial charge in [-0.3, -0.25) is 4.79 Å². The van der Waals surface area contributed by atoms with E-state index in [0.29, 0.717) is 18.0 Å².